The number of amides is 1. The fraction of sp³-hybridized carbons (Fsp3) is 0.150. The van der Waals surface area contributed by atoms with Crippen molar-refractivity contribution in [3.8, 4) is 11.9 Å². The zero-order valence-electron chi connectivity index (χ0n) is 15.1. The quantitative estimate of drug-likeness (QED) is 0.485. The molecule has 0 fully saturated rings. The van der Waals surface area contributed by atoms with Gasteiger partial charge >= 0.3 is 0 Å². The van der Waals surface area contributed by atoms with E-state index in [0.29, 0.717) is 17.3 Å². The normalized spacial score (nSPS) is 11.3. The van der Waals surface area contributed by atoms with Crippen LogP contribution in [-0.4, -0.2) is 15.6 Å². The number of rotatable bonds is 4. The maximum Gasteiger partial charge on any atom is 0.266 e. The molecule has 2 aromatic heterocycles. The van der Waals surface area contributed by atoms with Gasteiger partial charge in [-0.3, -0.25) is 9.36 Å². The zero-order valence-corrected chi connectivity index (χ0v) is 16.7. The lowest BCUT2D eigenvalue weighted by Crippen LogP contribution is -2.13. The van der Waals surface area contributed by atoms with E-state index < -0.39 is 5.91 Å². The van der Waals surface area contributed by atoms with Crippen LogP contribution >= 0.6 is 15.9 Å². The average Bonchev–Trinajstić information content (AvgIpc) is 3.17. The van der Waals surface area contributed by atoms with E-state index in [1.807, 2.05) is 61.7 Å². The number of aromatic nitrogens is 2. The lowest BCUT2D eigenvalue weighted by Gasteiger charge is -2.06. The molecule has 1 aromatic carbocycles. The summed E-state index contributed by atoms with van der Waals surface area (Å²) in [4.78, 5) is 12.5. The number of hydrogen-bond acceptors (Lipinski definition) is 4. The van der Waals surface area contributed by atoms with Crippen LogP contribution in [0.4, 0.5) is 5.69 Å². The number of carbonyl (C=O) groups is 1. The van der Waals surface area contributed by atoms with Crippen molar-refractivity contribution >= 4 is 33.6 Å². The Labute approximate surface area is 165 Å². The monoisotopic (exact) mass is 424 g/mol. The Balaban J connectivity index is 1.94. The van der Waals surface area contributed by atoms with Gasteiger partial charge in [0, 0.05) is 21.9 Å². The lowest BCUT2D eigenvalue weighted by atomic mass is 10.1. The molecule has 0 unspecified atom stereocenters. The molecule has 0 radical (unpaired) electrons. The van der Waals surface area contributed by atoms with Crippen LogP contribution < -0.4 is 5.32 Å². The van der Waals surface area contributed by atoms with Gasteiger partial charge in [0.25, 0.3) is 5.91 Å². The number of para-hydroxylation sites is 1. The highest BCUT2D eigenvalue weighted by Crippen LogP contribution is 2.24. The fourth-order valence-electron chi connectivity index (χ4n) is 2.80. The molecule has 0 aliphatic carbocycles. The summed E-state index contributed by atoms with van der Waals surface area (Å²) >= 11 is 3.38. The van der Waals surface area contributed by atoms with Gasteiger partial charge in [-0.05, 0) is 66.5 Å². The maximum absolute atomic E-state index is 12.5. The molecule has 0 saturated carbocycles. The molecule has 136 valence electrons. The summed E-state index contributed by atoms with van der Waals surface area (Å²) in [6.45, 7) is 5.66. The van der Waals surface area contributed by atoms with E-state index in [1.165, 1.54) is 0 Å². The summed E-state index contributed by atoms with van der Waals surface area (Å²) in [6, 6.07) is 13.0. The van der Waals surface area contributed by atoms with E-state index in [1.54, 1.807) is 12.1 Å². The molecule has 3 rings (SSSR count). The molecule has 0 bridgehead atoms. The van der Waals surface area contributed by atoms with Gasteiger partial charge in [-0.25, -0.2) is 0 Å². The summed E-state index contributed by atoms with van der Waals surface area (Å²) in [5.41, 5.74) is 3.18. The molecule has 1 N–H and O–H groups in total. The Morgan fingerprint density at radius 1 is 1.30 bits per heavy atom. The summed E-state index contributed by atoms with van der Waals surface area (Å²) in [5, 5.41) is 16.3. The zero-order chi connectivity index (χ0) is 19.6. The third-order valence-corrected chi connectivity index (χ3v) is 4.79. The van der Waals surface area contributed by atoms with E-state index in [9.17, 15) is 10.1 Å². The highest BCUT2D eigenvalue weighted by atomic mass is 79.9. The predicted octanol–water partition coefficient (Wildman–Crippen LogP) is 4.70. The molecule has 2 heterocycles. The molecule has 7 heteroatoms. The van der Waals surface area contributed by atoms with Gasteiger partial charge in [-0.2, -0.15) is 5.26 Å². The van der Waals surface area contributed by atoms with Crippen LogP contribution in [0.3, 0.4) is 0 Å². The topological polar surface area (TPSA) is 83.9 Å². The van der Waals surface area contributed by atoms with E-state index in [-0.39, 0.29) is 5.57 Å². The highest BCUT2D eigenvalue weighted by Gasteiger charge is 2.16. The Morgan fingerprint density at radius 2 is 2.04 bits per heavy atom. The number of nitrogens with one attached hydrogen (secondary N) is 1. The molecular formula is C20H17BrN4O2. The summed E-state index contributed by atoms with van der Waals surface area (Å²) in [7, 11) is 0. The molecule has 0 spiro atoms. The first-order chi connectivity index (χ1) is 12.9. The lowest BCUT2D eigenvalue weighted by molar-refractivity contribution is -0.112. The molecule has 0 aliphatic heterocycles. The molecule has 0 aliphatic rings. The summed E-state index contributed by atoms with van der Waals surface area (Å²) < 4.78 is 7.81. The summed E-state index contributed by atoms with van der Waals surface area (Å²) in [5.74, 6) is 0.907. The Hall–Kier alpha value is -3.11. The first-order valence-electron chi connectivity index (χ1n) is 8.21. The third kappa shape index (κ3) is 3.86. The van der Waals surface area contributed by atoms with Crippen molar-refractivity contribution in [3.05, 3.63) is 69.2 Å². The number of hydrogen-bond donors (Lipinski definition) is 1. The third-order valence-electron chi connectivity index (χ3n) is 4.10. The van der Waals surface area contributed by atoms with Crippen molar-refractivity contribution in [2.45, 2.75) is 20.8 Å². The summed E-state index contributed by atoms with van der Waals surface area (Å²) in [6.07, 6.45) is 1.58. The number of anilines is 1. The van der Waals surface area contributed by atoms with Gasteiger partial charge in [-0.15, -0.1) is 0 Å². The van der Waals surface area contributed by atoms with E-state index in [0.717, 1.165) is 21.4 Å². The molecule has 3 aromatic rings. The van der Waals surface area contributed by atoms with Gasteiger partial charge in [0.05, 0.1) is 5.69 Å². The maximum atomic E-state index is 12.5. The fourth-order valence-corrected chi connectivity index (χ4v) is 3.19. The Morgan fingerprint density at radius 3 is 2.67 bits per heavy atom. The van der Waals surface area contributed by atoms with Crippen LogP contribution in [-0.2, 0) is 4.79 Å². The number of benzene rings is 1. The van der Waals surface area contributed by atoms with Crippen molar-refractivity contribution in [3.63, 3.8) is 0 Å². The second-order valence-electron chi connectivity index (χ2n) is 6.06. The van der Waals surface area contributed by atoms with E-state index in [2.05, 4.69) is 26.4 Å². The first-order valence-corrected chi connectivity index (χ1v) is 9.00. The molecule has 27 heavy (non-hydrogen) atoms. The molecular weight excluding hydrogens is 408 g/mol. The van der Waals surface area contributed by atoms with Gasteiger partial charge in [0.15, 0.2) is 5.82 Å². The first kappa shape index (κ1) is 18.7. The predicted molar refractivity (Wildman–Crippen MR) is 106 cm³/mol. The molecule has 1 amide bonds. The average molecular weight is 425 g/mol. The van der Waals surface area contributed by atoms with Crippen LogP contribution in [0.2, 0.25) is 0 Å². The smallest absolute Gasteiger partial charge is 0.266 e. The standard InChI is InChI=1S/C20H17BrN4O2/c1-12-8-15(14(3)25(12)19-9-13(2)27-24-19)10-16(11-22)20(26)23-18-7-5-4-6-17(18)21/h4-10H,1-3H3,(H,23,26)/b16-10-. The van der Waals surface area contributed by atoms with Crippen molar-refractivity contribution in [2.75, 3.05) is 5.32 Å². The second kappa shape index (κ2) is 7.64. The van der Waals surface area contributed by atoms with E-state index in [4.69, 9.17) is 4.52 Å². The minimum absolute atomic E-state index is 0.0161. The number of halogens is 1. The Kier molecular flexibility index (Phi) is 5.28. The van der Waals surface area contributed by atoms with Crippen LogP contribution in [0.15, 0.2) is 51.0 Å². The minimum atomic E-state index is -0.466. The van der Waals surface area contributed by atoms with Gasteiger partial charge < -0.3 is 9.84 Å². The molecule has 0 atom stereocenters. The number of aryl methyl sites for hydroxylation is 2. The van der Waals surface area contributed by atoms with Crippen molar-refractivity contribution < 1.29 is 9.32 Å². The highest BCUT2D eigenvalue weighted by molar-refractivity contribution is 9.10. The van der Waals surface area contributed by atoms with E-state index >= 15 is 0 Å². The number of nitrogens with zero attached hydrogens (tertiary/aromatic N) is 3. The Bertz CT molecular complexity index is 1090. The largest absolute Gasteiger partial charge is 0.360 e. The van der Waals surface area contributed by atoms with Crippen LogP contribution in [0.5, 0.6) is 0 Å². The minimum Gasteiger partial charge on any atom is -0.360 e. The van der Waals surface area contributed by atoms with Crippen LogP contribution in [0, 0.1) is 32.1 Å². The van der Waals surface area contributed by atoms with Gasteiger partial charge in [0.2, 0.25) is 0 Å². The molecule has 6 nitrogen and oxygen atoms in total. The van der Waals surface area contributed by atoms with Crippen molar-refractivity contribution in [2.24, 2.45) is 0 Å². The van der Waals surface area contributed by atoms with Crippen LogP contribution in [0.25, 0.3) is 11.9 Å². The second-order valence-corrected chi connectivity index (χ2v) is 6.92. The number of carbonyl (C=O) groups excluding carboxylic acids is 1. The molecule has 0 saturated heterocycles. The van der Waals surface area contributed by atoms with Gasteiger partial charge in [-0.1, -0.05) is 17.3 Å². The van der Waals surface area contributed by atoms with Crippen LogP contribution in [0.1, 0.15) is 22.7 Å². The van der Waals surface area contributed by atoms with Crippen molar-refractivity contribution in [1.82, 2.24) is 9.72 Å². The SMILES string of the molecule is Cc1cc(-n2c(C)cc(/C=C(/C#N)C(=O)Nc3ccccc3Br)c2C)no1. The number of nitriles is 1. The van der Waals surface area contributed by atoms with Crippen molar-refractivity contribution in [1.29, 1.82) is 5.26 Å². The van der Waals surface area contributed by atoms with Gasteiger partial charge in [0.1, 0.15) is 17.4 Å².